The van der Waals surface area contributed by atoms with Gasteiger partial charge in [0.15, 0.2) is 5.16 Å². The Kier molecular flexibility index (Phi) is 4.87. The summed E-state index contributed by atoms with van der Waals surface area (Å²) in [4.78, 5) is 13.9. The quantitative estimate of drug-likeness (QED) is 0.673. The summed E-state index contributed by atoms with van der Waals surface area (Å²) in [6.07, 6.45) is 3.19. The Morgan fingerprint density at radius 1 is 1.37 bits per heavy atom. The van der Waals surface area contributed by atoms with Crippen LogP contribution in [-0.2, 0) is 0 Å². The van der Waals surface area contributed by atoms with E-state index in [2.05, 4.69) is 39.1 Å². The minimum atomic E-state index is 0.474. The van der Waals surface area contributed by atoms with E-state index < -0.39 is 0 Å². The van der Waals surface area contributed by atoms with E-state index >= 15 is 0 Å². The van der Waals surface area contributed by atoms with Crippen LogP contribution in [0.4, 0.5) is 11.6 Å². The topological polar surface area (TPSA) is 44.3 Å². The maximum absolute atomic E-state index is 4.66. The number of nitrogens with one attached hydrogen (secondary N) is 1. The van der Waals surface area contributed by atoms with Gasteiger partial charge in [0, 0.05) is 32.2 Å². The van der Waals surface area contributed by atoms with Crippen LogP contribution in [0.25, 0.3) is 0 Å². The number of rotatable bonds is 3. The van der Waals surface area contributed by atoms with E-state index in [-0.39, 0.29) is 0 Å². The third-order valence-corrected chi connectivity index (χ3v) is 4.02. The zero-order chi connectivity index (χ0) is 13.8. The summed E-state index contributed by atoms with van der Waals surface area (Å²) in [6, 6.07) is 2.52. The number of anilines is 2. The molecule has 0 bridgehead atoms. The fourth-order valence-corrected chi connectivity index (χ4v) is 2.87. The predicted molar refractivity (Wildman–Crippen MR) is 82.3 cm³/mol. The summed E-state index contributed by atoms with van der Waals surface area (Å²) < 4.78 is 0. The van der Waals surface area contributed by atoms with E-state index in [9.17, 15) is 0 Å². The van der Waals surface area contributed by atoms with Crippen molar-refractivity contribution in [3.8, 4) is 0 Å². The Bertz CT molecular complexity index is 403. The van der Waals surface area contributed by atoms with Gasteiger partial charge in [-0.15, -0.1) is 0 Å². The molecule has 2 rings (SSSR count). The second kappa shape index (κ2) is 6.43. The lowest BCUT2D eigenvalue weighted by Crippen LogP contribution is -2.38. The second-order valence-corrected chi connectivity index (χ2v) is 5.78. The van der Waals surface area contributed by atoms with Crippen molar-refractivity contribution in [1.82, 2.24) is 14.9 Å². The predicted octanol–water partition coefficient (Wildman–Crippen LogP) is 1.77. The fourth-order valence-electron chi connectivity index (χ4n) is 2.49. The van der Waals surface area contributed by atoms with Crippen LogP contribution in [0.5, 0.6) is 0 Å². The Hall–Kier alpha value is -1.01. The molecule has 0 amide bonds. The molecule has 0 spiro atoms. The Labute approximate surface area is 119 Å². The summed E-state index contributed by atoms with van der Waals surface area (Å²) in [5, 5.41) is 3.94. The van der Waals surface area contributed by atoms with Gasteiger partial charge in [-0.25, -0.2) is 9.97 Å². The lowest BCUT2D eigenvalue weighted by atomic mass is 10.2. The van der Waals surface area contributed by atoms with Crippen molar-refractivity contribution in [2.75, 3.05) is 50.2 Å². The first-order valence-electron chi connectivity index (χ1n) is 6.70. The molecule has 0 radical (unpaired) electrons. The molecule has 5 nitrogen and oxygen atoms in total. The molecule has 0 saturated carbocycles. The molecule has 1 atom stereocenters. The molecule has 19 heavy (non-hydrogen) atoms. The van der Waals surface area contributed by atoms with Crippen LogP contribution in [0, 0.1) is 0 Å². The highest BCUT2D eigenvalue weighted by Gasteiger charge is 2.21. The van der Waals surface area contributed by atoms with Gasteiger partial charge in [-0.2, -0.15) is 0 Å². The van der Waals surface area contributed by atoms with Gasteiger partial charge in [0.1, 0.15) is 11.6 Å². The number of hydrogen-bond donors (Lipinski definition) is 1. The molecule has 1 saturated heterocycles. The number of likely N-dealkylation sites (N-methyl/N-ethyl adjacent to an activating group) is 1. The largest absolute Gasteiger partial charge is 0.373 e. The van der Waals surface area contributed by atoms with E-state index in [0.717, 1.165) is 36.4 Å². The average molecular weight is 281 g/mol. The van der Waals surface area contributed by atoms with Crippen molar-refractivity contribution in [2.45, 2.75) is 24.5 Å². The zero-order valence-corrected chi connectivity index (χ0v) is 13.0. The summed E-state index contributed by atoms with van der Waals surface area (Å²) in [6.45, 7) is 5.55. The zero-order valence-electron chi connectivity index (χ0n) is 12.2. The van der Waals surface area contributed by atoms with Crippen molar-refractivity contribution < 1.29 is 0 Å². The maximum atomic E-state index is 4.66. The number of hydrogen-bond acceptors (Lipinski definition) is 6. The monoisotopic (exact) mass is 281 g/mol. The summed E-state index contributed by atoms with van der Waals surface area (Å²) in [5.74, 6) is 1.92. The van der Waals surface area contributed by atoms with Crippen molar-refractivity contribution in [3.63, 3.8) is 0 Å². The molecule has 1 aromatic rings. The van der Waals surface area contributed by atoms with Crippen LogP contribution in [0.1, 0.15) is 13.3 Å². The van der Waals surface area contributed by atoms with E-state index in [0.29, 0.717) is 6.04 Å². The first-order chi connectivity index (χ1) is 9.13. The van der Waals surface area contributed by atoms with Gasteiger partial charge in [0.25, 0.3) is 0 Å². The van der Waals surface area contributed by atoms with Gasteiger partial charge in [0.2, 0.25) is 0 Å². The van der Waals surface area contributed by atoms with Gasteiger partial charge >= 0.3 is 0 Å². The SMILES string of the molecule is CNc1cc(N2CCCN(C)CC2C)nc(SC)n1. The minimum absolute atomic E-state index is 0.474. The second-order valence-electron chi connectivity index (χ2n) is 5.01. The van der Waals surface area contributed by atoms with Crippen molar-refractivity contribution in [1.29, 1.82) is 0 Å². The maximum Gasteiger partial charge on any atom is 0.191 e. The lowest BCUT2D eigenvalue weighted by Gasteiger charge is -2.29. The molecule has 1 aliphatic rings. The molecule has 1 unspecified atom stereocenters. The number of aromatic nitrogens is 2. The summed E-state index contributed by atoms with van der Waals surface area (Å²) in [5.41, 5.74) is 0. The summed E-state index contributed by atoms with van der Waals surface area (Å²) >= 11 is 1.58. The molecular weight excluding hydrogens is 258 g/mol. The molecule has 106 valence electrons. The van der Waals surface area contributed by atoms with Crippen LogP contribution in [0.15, 0.2) is 11.2 Å². The molecule has 2 heterocycles. The Morgan fingerprint density at radius 2 is 2.16 bits per heavy atom. The standard InChI is InChI=1S/C13H23N5S/c1-10-9-17(3)6-5-7-18(10)12-8-11(14-2)15-13(16-12)19-4/h8,10H,5-7,9H2,1-4H3,(H,14,15,16). The summed E-state index contributed by atoms with van der Waals surface area (Å²) in [7, 11) is 4.09. The smallest absolute Gasteiger partial charge is 0.191 e. The normalized spacial score (nSPS) is 21.3. The van der Waals surface area contributed by atoms with Gasteiger partial charge in [-0.3, -0.25) is 0 Å². The van der Waals surface area contributed by atoms with Gasteiger partial charge in [0.05, 0.1) is 0 Å². The lowest BCUT2D eigenvalue weighted by molar-refractivity contribution is 0.337. The first-order valence-corrected chi connectivity index (χ1v) is 7.92. The third kappa shape index (κ3) is 3.51. The molecule has 1 fully saturated rings. The van der Waals surface area contributed by atoms with Crippen LogP contribution in [0.3, 0.4) is 0 Å². The Balaban J connectivity index is 2.28. The van der Waals surface area contributed by atoms with Crippen LogP contribution >= 0.6 is 11.8 Å². The van der Waals surface area contributed by atoms with Gasteiger partial charge in [-0.05, 0) is 33.2 Å². The molecule has 1 N–H and O–H groups in total. The molecule has 1 aliphatic heterocycles. The average Bonchev–Trinajstić information content (AvgIpc) is 2.58. The molecular formula is C13H23N5S. The highest BCUT2D eigenvalue weighted by Crippen LogP contribution is 2.23. The molecule has 1 aromatic heterocycles. The van der Waals surface area contributed by atoms with E-state index in [1.165, 1.54) is 6.42 Å². The molecule has 6 heteroatoms. The van der Waals surface area contributed by atoms with Gasteiger partial charge in [-0.1, -0.05) is 11.8 Å². The first kappa shape index (κ1) is 14.4. The minimum Gasteiger partial charge on any atom is -0.373 e. The molecule has 0 aliphatic carbocycles. The highest BCUT2D eigenvalue weighted by molar-refractivity contribution is 7.98. The van der Waals surface area contributed by atoms with Crippen LogP contribution < -0.4 is 10.2 Å². The Morgan fingerprint density at radius 3 is 2.84 bits per heavy atom. The molecule has 0 aromatic carbocycles. The fraction of sp³-hybridized carbons (Fsp3) is 0.692. The van der Waals surface area contributed by atoms with Crippen molar-refractivity contribution in [2.24, 2.45) is 0 Å². The van der Waals surface area contributed by atoms with Gasteiger partial charge < -0.3 is 15.1 Å². The van der Waals surface area contributed by atoms with E-state index in [1.54, 1.807) is 11.8 Å². The van der Waals surface area contributed by atoms with E-state index in [1.807, 2.05) is 19.4 Å². The van der Waals surface area contributed by atoms with E-state index in [4.69, 9.17) is 0 Å². The highest BCUT2D eigenvalue weighted by atomic mass is 32.2. The van der Waals surface area contributed by atoms with Crippen molar-refractivity contribution >= 4 is 23.4 Å². The van der Waals surface area contributed by atoms with Crippen LogP contribution in [-0.4, -0.2) is 60.9 Å². The number of nitrogens with zero attached hydrogens (tertiary/aromatic N) is 4. The number of thioether (sulfide) groups is 1. The van der Waals surface area contributed by atoms with Crippen LogP contribution in [0.2, 0.25) is 0 Å². The third-order valence-electron chi connectivity index (χ3n) is 3.47. The van der Waals surface area contributed by atoms with Crippen molar-refractivity contribution in [3.05, 3.63) is 6.07 Å².